The average Bonchev–Trinajstić information content (AvgIpc) is 3.92. The van der Waals surface area contributed by atoms with Gasteiger partial charge in [0.15, 0.2) is 11.5 Å². The van der Waals surface area contributed by atoms with Crippen molar-refractivity contribution in [3.05, 3.63) is 36.4 Å². The molecule has 1 aromatic carbocycles. The molecular weight excluding hydrogens is 1100 g/mol. The molecule has 3 heterocycles. The number of aromatic hydroxyl groups is 1. The topological polar surface area (TPSA) is 458 Å². The monoisotopic (exact) mass is 1170 g/mol. The SMILES string of the molecule is C=CCOC(=O)N(CC[C@@H](O)[C@@H]1NC(=O)[C@H]([C@H](O)Cc2ccc(O)c(OSOO[O-])c2)NC(=O)[C@@H]2C[C@@H](O)CN2C(=O)[C@H]([C@@H](C)O)NC(=O)[C@@H](NC(=O)OC(C)(C)C)C[C@@H](O)CNC(=O)[C@@H]2[C@@H](O)[C@@H](C)CN2C1=O)C(CO)CO.[Na+]. The quantitative estimate of drug-likeness (QED) is 0.0162. The van der Waals surface area contributed by atoms with Crippen LogP contribution in [0.3, 0.4) is 0 Å². The first-order valence-electron chi connectivity index (χ1n) is 24.9. The molecule has 0 spiro atoms. The fraction of sp³-hybridized carbons (Fsp3) is 0.660. The minimum Gasteiger partial charge on any atom is -0.691 e. The number of aliphatic hydroxyl groups excluding tert-OH is 8. The number of amides is 8. The van der Waals surface area contributed by atoms with E-state index in [-0.39, 0.29) is 59.8 Å². The standard InChI is InChI=1S/C47H72N8O23S.Na/c1-7-12-74-46(72)53(25(20-56)21-57)11-10-31(62)36-44(70)55-18-22(2)38(64)37(55)42(68)48-17-26(59)15-28(49-45(71)75-47(4,5)6)39(65)50-34(23(3)58)43(69)54-19-27(60)16-29(54)40(66)51-35(41(67)52-36)32(63)13-24-8-9-30(61)33(14-24)76-79-78-77-73;/h7-9,14,22-23,25-29,31-32,34-38,56-64,73H,1,10-13,15-21H2,2-6H3,(H,48,68)(H,49,71)(H,50,65)(H,51,66)(H,52,67);/q;+1/p-1/t22-,23+,26+,27+,28-,29-,31+,32+,34-,35-,36-,37-,38-;/m0./s1. The smallest absolute Gasteiger partial charge is 0.691 e. The van der Waals surface area contributed by atoms with E-state index in [0.717, 1.165) is 33.8 Å². The predicted octanol–water partition coefficient (Wildman–Crippen LogP) is -9.03. The summed E-state index contributed by atoms with van der Waals surface area (Å²) in [5.41, 5.74) is -1.07. The van der Waals surface area contributed by atoms with Gasteiger partial charge in [-0.25, -0.2) is 9.59 Å². The van der Waals surface area contributed by atoms with Crippen molar-refractivity contribution in [3.8, 4) is 11.5 Å². The maximum atomic E-state index is 15.0. The zero-order chi connectivity index (χ0) is 59.1. The zero-order valence-corrected chi connectivity index (χ0v) is 47.7. The summed E-state index contributed by atoms with van der Waals surface area (Å²) in [4.78, 5) is 115. The van der Waals surface area contributed by atoms with Crippen LogP contribution in [0.2, 0.25) is 0 Å². The molecule has 3 aliphatic heterocycles. The maximum absolute atomic E-state index is 15.0. The Morgan fingerprint density at radius 3 is 2.15 bits per heavy atom. The number of alkyl carbamates (subject to hydrolysis) is 1. The van der Waals surface area contributed by atoms with Crippen LogP contribution >= 0.6 is 12.3 Å². The Labute approximate surface area is 485 Å². The molecule has 13 atom stereocenters. The van der Waals surface area contributed by atoms with Crippen LogP contribution in [0.15, 0.2) is 30.9 Å². The third-order valence-electron chi connectivity index (χ3n) is 12.9. The van der Waals surface area contributed by atoms with E-state index in [9.17, 15) is 89.6 Å². The van der Waals surface area contributed by atoms with Crippen LogP contribution in [0.4, 0.5) is 9.59 Å². The molecule has 8 amide bonds. The summed E-state index contributed by atoms with van der Waals surface area (Å²) < 4.78 is 19.5. The average molecular weight is 1170 g/mol. The van der Waals surface area contributed by atoms with E-state index in [1.165, 1.54) is 39.8 Å². The normalized spacial score (nSPS) is 26.6. The first-order valence-corrected chi connectivity index (χ1v) is 25.6. The fourth-order valence-corrected chi connectivity index (χ4v) is 9.13. The van der Waals surface area contributed by atoms with E-state index in [0.29, 0.717) is 0 Å². The van der Waals surface area contributed by atoms with Gasteiger partial charge in [0.1, 0.15) is 48.5 Å². The summed E-state index contributed by atoms with van der Waals surface area (Å²) in [6.45, 7) is 6.14. The molecule has 0 saturated carbocycles. The van der Waals surface area contributed by atoms with Crippen LogP contribution < -0.4 is 65.6 Å². The van der Waals surface area contributed by atoms with Crippen LogP contribution in [0.5, 0.6) is 11.5 Å². The number of fused-ring (bicyclic) bond motifs is 2. The van der Waals surface area contributed by atoms with Crippen molar-refractivity contribution in [1.82, 2.24) is 41.3 Å². The summed E-state index contributed by atoms with van der Waals surface area (Å²) in [7, 11) is 0. The molecule has 4 rings (SSSR count). The van der Waals surface area contributed by atoms with E-state index in [2.05, 4.69) is 42.5 Å². The number of phenols is 1. The number of carbonyl (C=O) groups is 8. The van der Waals surface area contributed by atoms with E-state index < -0.39 is 209 Å². The van der Waals surface area contributed by atoms with Crippen molar-refractivity contribution in [1.29, 1.82) is 0 Å². The summed E-state index contributed by atoms with van der Waals surface area (Å²) in [6, 6.07) is -9.73. The van der Waals surface area contributed by atoms with Crippen LogP contribution in [0.1, 0.15) is 59.4 Å². The molecule has 0 bridgehead atoms. The Morgan fingerprint density at radius 2 is 1.54 bits per heavy atom. The summed E-state index contributed by atoms with van der Waals surface area (Å²) in [5, 5.41) is 124. The van der Waals surface area contributed by atoms with Gasteiger partial charge in [-0.2, -0.15) is 0 Å². The minimum atomic E-state index is -2.24. The van der Waals surface area contributed by atoms with E-state index in [1.807, 2.05) is 0 Å². The molecule has 31 nitrogen and oxygen atoms in total. The van der Waals surface area contributed by atoms with Crippen molar-refractivity contribution in [2.75, 3.05) is 46.0 Å². The number of phenolic OH excluding ortho intramolecular Hbond substituents is 1. The molecule has 3 fully saturated rings. The van der Waals surface area contributed by atoms with Gasteiger partial charge in [0.05, 0.1) is 55.9 Å². The number of aliphatic hydroxyl groups is 8. The second-order valence-electron chi connectivity index (χ2n) is 20.1. The molecule has 0 radical (unpaired) electrons. The second kappa shape index (κ2) is 31.9. The second-order valence-corrected chi connectivity index (χ2v) is 20.6. The number of nitrogens with zero attached hydrogens (tertiary/aromatic N) is 3. The largest absolute Gasteiger partial charge is 1.00 e. The molecular formula is C47H71N8NaO23S. The fourth-order valence-electron chi connectivity index (χ4n) is 8.87. The van der Waals surface area contributed by atoms with Crippen LogP contribution in [-0.4, -0.2) is 239 Å². The van der Waals surface area contributed by atoms with Crippen LogP contribution in [0.25, 0.3) is 0 Å². The van der Waals surface area contributed by atoms with Crippen molar-refractivity contribution < 1.29 is 142 Å². The van der Waals surface area contributed by atoms with E-state index in [4.69, 9.17) is 13.7 Å². The number of hydrogen-bond donors (Lipinski definition) is 14. The number of β-amino-alcohol motifs (C(OH)–C–C–N with tert-alkyl or cyclic N) is 1. The van der Waals surface area contributed by atoms with Crippen molar-refractivity contribution in [2.24, 2.45) is 5.92 Å². The molecule has 80 heavy (non-hydrogen) atoms. The third-order valence-corrected chi connectivity index (χ3v) is 13.2. The number of carbonyl (C=O) groups excluding carboxylic acids is 8. The van der Waals surface area contributed by atoms with Gasteiger partial charge in [-0.15, -0.1) is 4.33 Å². The van der Waals surface area contributed by atoms with Gasteiger partial charge in [0.25, 0.3) is 12.3 Å². The van der Waals surface area contributed by atoms with Gasteiger partial charge in [0, 0.05) is 51.4 Å². The first-order chi connectivity index (χ1) is 37.2. The molecule has 14 N–H and O–H groups in total. The van der Waals surface area contributed by atoms with Gasteiger partial charge in [-0.05, 0) is 51.8 Å². The Morgan fingerprint density at radius 1 is 0.900 bits per heavy atom. The van der Waals surface area contributed by atoms with E-state index >= 15 is 0 Å². The molecule has 444 valence electrons. The molecule has 1 aromatic rings. The number of nitrogens with one attached hydrogen (secondary N) is 5. The Hall–Kier alpha value is -5.17. The number of hydrogen-bond acceptors (Lipinski definition) is 24. The third kappa shape index (κ3) is 19.2. The van der Waals surface area contributed by atoms with Gasteiger partial charge in [0.2, 0.25) is 35.4 Å². The van der Waals surface area contributed by atoms with Gasteiger partial charge >= 0.3 is 41.7 Å². The van der Waals surface area contributed by atoms with Crippen LogP contribution in [-0.2, 0) is 54.0 Å². The van der Waals surface area contributed by atoms with Gasteiger partial charge in [-0.3, -0.25) is 33.8 Å². The maximum Gasteiger partial charge on any atom is 1.00 e. The molecule has 3 saturated heterocycles. The molecule has 3 aliphatic rings. The summed E-state index contributed by atoms with van der Waals surface area (Å²) >= 11 is -0.0191. The molecule has 0 aliphatic carbocycles. The van der Waals surface area contributed by atoms with E-state index in [1.54, 1.807) is 0 Å². The zero-order valence-electron chi connectivity index (χ0n) is 44.9. The predicted molar refractivity (Wildman–Crippen MR) is 266 cm³/mol. The van der Waals surface area contributed by atoms with Crippen molar-refractivity contribution in [2.45, 2.75) is 145 Å². The molecule has 0 aromatic heterocycles. The van der Waals surface area contributed by atoms with Crippen molar-refractivity contribution >= 4 is 60.0 Å². The molecule has 33 heteroatoms. The number of ether oxygens (including phenoxy) is 2. The number of benzene rings is 1. The first kappa shape index (κ1) is 69.1. The van der Waals surface area contributed by atoms with Gasteiger partial charge < -0.3 is 106 Å². The Balaban J connectivity index is 0.0000168. The molecule has 0 unspecified atom stereocenters. The minimum absolute atomic E-state index is 0. The summed E-state index contributed by atoms with van der Waals surface area (Å²) in [6.07, 6.45) is -14.5. The van der Waals surface area contributed by atoms with Gasteiger partial charge in [-0.1, -0.05) is 25.6 Å². The van der Waals surface area contributed by atoms with Crippen molar-refractivity contribution in [3.63, 3.8) is 0 Å². The Bertz CT molecular complexity index is 2300. The van der Waals surface area contributed by atoms with Crippen LogP contribution in [0, 0.1) is 5.92 Å². The summed E-state index contributed by atoms with van der Waals surface area (Å²) in [5.74, 6) is -9.29. The number of rotatable bonds is 18. The Kier molecular flexibility index (Phi) is 27.5.